The molecule has 7 heteroatoms. The Labute approximate surface area is 172 Å². The number of para-hydroxylation sites is 1. The van der Waals surface area contributed by atoms with Crippen molar-refractivity contribution in [3.63, 3.8) is 0 Å². The molecule has 1 aromatic heterocycles. The Bertz CT molecular complexity index is 938. The molecule has 1 saturated heterocycles. The number of thioether (sulfide) groups is 2. The van der Waals surface area contributed by atoms with E-state index in [1.165, 1.54) is 17.1 Å². The summed E-state index contributed by atoms with van der Waals surface area (Å²) in [5.74, 6) is 5.19. The largest absolute Gasteiger partial charge is 0.496 e. The van der Waals surface area contributed by atoms with Gasteiger partial charge in [-0.25, -0.2) is 0 Å². The zero-order valence-electron chi connectivity index (χ0n) is 15.7. The van der Waals surface area contributed by atoms with E-state index in [2.05, 4.69) is 17.3 Å². The monoisotopic (exact) mass is 415 g/mol. The number of hydrogen-bond donors (Lipinski definition) is 0. The number of nitrogens with zero attached hydrogens (tertiary/aromatic N) is 1. The third-order valence-corrected chi connectivity index (χ3v) is 7.50. The molecule has 28 heavy (non-hydrogen) atoms. The fourth-order valence-electron chi connectivity index (χ4n) is 3.01. The van der Waals surface area contributed by atoms with Crippen LogP contribution in [0.2, 0.25) is 0 Å². The molecule has 3 aromatic rings. The molecule has 0 saturated carbocycles. The highest BCUT2D eigenvalue weighted by Crippen LogP contribution is 2.47. The second-order valence-corrected chi connectivity index (χ2v) is 8.88. The van der Waals surface area contributed by atoms with Gasteiger partial charge in [-0.15, -0.1) is 23.5 Å². The first-order chi connectivity index (χ1) is 13.8. The molecule has 0 unspecified atom stereocenters. The normalized spacial score (nSPS) is 14.2. The SMILES string of the molecule is COc1cc(C2SCCS2)ccc1OCc1cc(-c2ccccc2OC)no1. The van der Waals surface area contributed by atoms with Gasteiger partial charge in [0, 0.05) is 23.1 Å². The summed E-state index contributed by atoms with van der Waals surface area (Å²) in [6, 6.07) is 15.7. The van der Waals surface area contributed by atoms with Gasteiger partial charge < -0.3 is 18.7 Å². The Kier molecular flexibility index (Phi) is 6.02. The first kappa shape index (κ1) is 19.1. The summed E-state index contributed by atoms with van der Waals surface area (Å²) in [6.45, 7) is 0.269. The average molecular weight is 416 g/mol. The summed E-state index contributed by atoms with van der Waals surface area (Å²) < 4.78 is 22.8. The van der Waals surface area contributed by atoms with Crippen molar-refractivity contribution in [2.24, 2.45) is 0 Å². The first-order valence-corrected chi connectivity index (χ1v) is 11.0. The Morgan fingerprint density at radius 2 is 1.75 bits per heavy atom. The maximum atomic E-state index is 5.93. The van der Waals surface area contributed by atoms with E-state index in [0.29, 0.717) is 21.8 Å². The van der Waals surface area contributed by atoms with E-state index in [4.69, 9.17) is 18.7 Å². The van der Waals surface area contributed by atoms with Crippen LogP contribution in [0.3, 0.4) is 0 Å². The summed E-state index contributed by atoms with van der Waals surface area (Å²) in [4.78, 5) is 0. The van der Waals surface area contributed by atoms with Gasteiger partial charge in [-0.2, -0.15) is 0 Å². The van der Waals surface area contributed by atoms with Crippen LogP contribution in [0.25, 0.3) is 11.3 Å². The zero-order valence-corrected chi connectivity index (χ0v) is 17.3. The fourth-order valence-corrected chi connectivity index (χ4v) is 5.85. The summed E-state index contributed by atoms with van der Waals surface area (Å²) in [6.07, 6.45) is 0. The predicted octanol–water partition coefficient (Wildman–Crippen LogP) is 5.42. The maximum Gasteiger partial charge on any atom is 0.174 e. The van der Waals surface area contributed by atoms with E-state index < -0.39 is 0 Å². The Hall–Kier alpha value is -2.25. The van der Waals surface area contributed by atoms with Crippen molar-refractivity contribution in [3.05, 3.63) is 59.9 Å². The molecule has 1 aliphatic heterocycles. The molecule has 0 atom stereocenters. The van der Waals surface area contributed by atoms with Crippen molar-refractivity contribution < 1.29 is 18.7 Å². The smallest absolute Gasteiger partial charge is 0.174 e. The standard InChI is InChI=1S/C21H21NO4S2/c1-23-18-6-4-3-5-16(18)17-12-15(26-22-17)13-25-19-8-7-14(11-20(19)24-2)21-27-9-10-28-21/h3-8,11-12,21H,9-10,13H2,1-2H3. The summed E-state index contributed by atoms with van der Waals surface area (Å²) in [5.41, 5.74) is 2.86. The minimum atomic E-state index is 0.269. The van der Waals surface area contributed by atoms with Crippen LogP contribution in [0.5, 0.6) is 17.2 Å². The highest BCUT2D eigenvalue weighted by molar-refractivity contribution is 8.19. The third kappa shape index (κ3) is 4.10. The van der Waals surface area contributed by atoms with Crippen molar-refractivity contribution >= 4 is 23.5 Å². The molecule has 146 valence electrons. The molecular weight excluding hydrogens is 394 g/mol. The minimum Gasteiger partial charge on any atom is -0.496 e. The van der Waals surface area contributed by atoms with Gasteiger partial charge in [0.2, 0.25) is 0 Å². The number of rotatable bonds is 7. The topological polar surface area (TPSA) is 53.7 Å². The van der Waals surface area contributed by atoms with Gasteiger partial charge in [0.25, 0.3) is 0 Å². The van der Waals surface area contributed by atoms with E-state index in [1.54, 1.807) is 14.2 Å². The lowest BCUT2D eigenvalue weighted by Gasteiger charge is -2.13. The molecule has 0 N–H and O–H groups in total. The van der Waals surface area contributed by atoms with Crippen LogP contribution in [0, 0.1) is 0 Å². The van der Waals surface area contributed by atoms with Gasteiger partial charge in [-0.05, 0) is 29.8 Å². The number of aromatic nitrogens is 1. The van der Waals surface area contributed by atoms with E-state index in [9.17, 15) is 0 Å². The lowest BCUT2D eigenvalue weighted by Crippen LogP contribution is -1.98. The summed E-state index contributed by atoms with van der Waals surface area (Å²) in [7, 11) is 3.30. The highest BCUT2D eigenvalue weighted by Gasteiger charge is 2.20. The average Bonchev–Trinajstić information content (AvgIpc) is 3.44. The van der Waals surface area contributed by atoms with Crippen LogP contribution >= 0.6 is 23.5 Å². The van der Waals surface area contributed by atoms with E-state index in [1.807, 2.05) is 59.9 Å². The quantitative estimate of drug-likeness (QED) is 0.511. The van der Waals surface area contributed by atoms with Crippen molar-refractivity contribution in [1.29, 1.82) is 0 Å². The lowest BCUT2D eigenvalue weighted by molar-refractivity contribution is 0.239. The lowest BCUT2D eigenvalue weighted by atomic mass is 10.1. The summed E-state index contributed by atoms with van der Waals surface area (Å²) in [5, 5.41) is 4.14. The number of hydrogen-bond acceptors (Lipinski definition) is 7. The van der Waals surface area contributed by atoms with Gasteiger partial charge in [0.05, 0.1) is 18.8 Å². The molecule has 0 radical (unpaired) electrons. The van der Waals surface area contributed by atoms with E-state index in [0.717, 1.165) is 17.1 Å². The third-order valence-electron chi connectivity index (χ3n) is 4.39. The van der Waals surface area contributed by atoms with Crippen molar-refractivity contribution in [2.45, 2.75) is 11.2 Å². The maximum absolute atomic E-state index is 5.93. The molecule has 2 aromatic carbocycles. The van der Waals surface area contributed by atoms with Crippen molar-refractivity contribution in [1.82, 2.24) is 5.16 Å². The van der Waals surface area contributed by atoms with E-state index in [-0.39, 0.29) is 6.61 Å². The molecular formula is C21H21NO4S2. The second kappa shape index (κ2) is 8.84. The molecule has 1 aliphatic rings. The molecule has 0 aliphatic carbocycles. The zero-order chi connectivity index (χ0) is 19.3. The molecule has 1 fully saturated rings. The van der Waals surface area contributed by atoms with Crippen LogP contribution in [-0.4, -0.2) is 30.9 Å². The van der Waals surface area contributed by atoms with Crippen LogP contribution in [-0.2, 0) is 6.61 Å². The Morgan fingerprint density at radius 1 is 0.964 bits per heavy atom. The Balaban J connectivity index is 1.47. The molecule has 0 spiro atoms. The van der Waals surface area contributed by atoms with Crippen LogP contribution in [0.15, 0.2) is 53.1 Å². The number of methoxy groups -OCH3 is 2. The van der Waals surface area contributed by atoms with Gasteiger partial charge in [0.1, 0.15) is 18.1 Å². The number of ether oxygens (including phenoxy) is 3. The minimum absolute atomic E-state index is 0.269. The molecule has 4 rings (SSSR count). The van der Waals surface area contributed by atoms with Crippen molar-refractivity contribution in [3.8, 4) is 28.5 Å². The van der Waals surface area contributed by atoms with Gasteiger partial charge in [-0.3, -0.25) is 0 Å². The van der Waals surface area contributed by atoms with Crippen molar-refractivity contribution in [2.75, 3.05) is 25.7 Å². The van der Waals surface area contributed by atoms with E-state index >= 15 is 0 Å². The highest BCUT2D eigenvalue weighted by atomic mass is 32.2. The molecule has 5 nitrogen and oxygen atoms in total. The van der Waals surface area contributed by atoms with Crippen LogP contribution in [0.4, 0.5) is 0 Å². The second-order valence-electron chi connectivity index (χ2n) is 6.15. The molecule has 0 bridgehead atoms. The van der Waals surface area contributed by atoms with Gasteiger partial charge >= 0.3 is 0 Å². The molecule has 2 heterocycles. The van der Waals surface area contributed by atoms with Crippen LogP contribution in [0.1, 0.15) is 15.9 Å². The van der Waals surface area contributed by atoms with Crippen LogP contribution < -0.4 is 14.2 Å². The number of benzene rings is 2. The van der Waals surface area contributed by atoms with Gasteiger partial charge in [0.15, 0.2) is 17.3 Å². The first-order valence-electron chi connectivity index (χ1n) is 8.91. The summed E-state index contributed by atoms with van der Waals surface area (Å²) >= 11 is 3.93. The Morgan fingerprint density at radius 3 is 2.54 bits per heavy atom. The molecule has 0 amide bonds. The fraction of sp³-hybridized carbons (Fsp3) is 0.286. The predicted molar refractivity (Wildman–Crippen MR) is 113 cm³/mol. The van der Waals surface area contributed by atoms with Gasteiger partial charge in [-0.1, -0.05) is 23.4 Å².